The maximum absolute atomic E-state index is 12.6. The van der Waals surface area contributed by atoms with Crippen molar-refractivity contribution in [1.82, 2.24) is 20.2 Å². The van der Waals surface area contributed by atoms with E-state index in [1.165, 1.54) is 6.33 Å². The van der Waals surface area contributed by atoms with E-state index in [-0.39, 0.29) is 5.91 Å². The lowest BCUT2D eigenvalue weighted by atomic mass is 10.1. The van der Waals surface area contributed by atoms with Gasteiger partial charge in [0.05, 0.1) is 25.6 Å². The zero-order valence-corrected chi connectivity index (χ0v) is 14.1. The van der Waals surface area contributed by atoms with Crippen molar-refractivity contribution < 1.29 is 14.3 Å². The Morgan fingerprint density at radius 2 is 1.96 bits per heavy atom. The molecule has 3 aromatic rings. The molecular weight excluding hydrogens is 322 g/mol. The summed E-state index contributed by atoms with van der Waals surface area (Å²) in [6, 6.07) is 10.5. The Hall–Kier alpha value is -3.42. The van der Waals surface area contributed by atoms with E-state index in [1.807, 2.05) is 6.92 Å². The molecule has 0 fully saturated rings. The van der Waals surface area contributed by atoms with E-state index in [9.17, 15) is 4.79 Å². The number of benzene rings is 2. The van der Waals surface area contributed by atoms with Gasteiger partial charge in [0.25, 0.3) is 5.91 Å². The summed E-state index contributed by atoms with van der Waals surface area (Å²) in [6.45, 7) is 1.89. The molecule has 0 aliphatic carbocycles. The van der Waals surface area contributed by atoms with Crippen molar-refractivity contribution in [3.8, 4) is 17.2 Å². The van der Waals surface area contributed by atoms with Crippen LogP contribution in [-0.2, 0) is 0 Å². The largest absolute Gasteiger partial charge is 0.497 e. The quantitative estimate of drug-likeness (QED) is 0.766. The van der Waals surface area contributed by atoms with Gasteiger partial charge in [0.2, 0.25) is 0 Å². The topological polar surface area (TPSA) is 91.2 Å². The number of tetrazole rings is 1. The van der Waals surface area contributed by atoms with Crippen LogP contribution in [0.2, 0.25) is 0 Å². The van der Waals surface area contributed by atoms with Gasteiger partial charge >= 0.3 is 0 Å². The molecule has 0 saturated heterocycles. The highest BCUT2D eigenvalue weighted by Crippen LogP contribution is 2.29. The van der Waals surface area contributed by atoms with Crippen molar-refractivity contribution in [2.75, 3.05) is 19.5 Å². The molecule has 0 unspecified atom stereocenters. The summed E-state index contributed by atoms with van der Waals surface area (Å²) in [5, 5.41) is 13.9. The zero-order valence-electron chi connectivity index (χ0n) is 14.1. The minimum atomic E-state index is -0.252. The highest BCUT2D eigenvalue weighted by molar-refractivity contribution is 6.05. The third-order valence-electron chi connectivity index (χ3n) is 3.71. The monoisotopic (exact) mass is 339 g/mol. The molecule has 0 spiro atoms. The SMILES string of the molecule is COc1ccc(OC)c(NC(=O)c2ccc(-n3cnnn3)c(C)c2)c1. The van der Waals surface area contributed by atoms with Gasteiger partial charge < -0.3 is 14.8 Å². The van der Waals surface area contributed by atoms with Crippen molar-refractivity contribution in [2.45, 2.75) is 6.92 Å². The van der Waals surface area contributed by atoms with Crippen LogP contribution in [0.15, 0.2) is 42.7 Å². The Bertz CT molecular complexity index is 893. The van der Waals surface area contributed by atoms with Crippen LogP contribution in [0.25, 0.3) is 5.69 Å². The zero-order chi connectivity index (χ0) is 17.8. The van der Waals surface area contributed by atoms with Crippen LogP contribution in [0.5, 0.6) is 11.5 Å². The molecular formula is C17H17N5O3. The Labute approximate surface area is 144 Å². The number of rotatable bonds is 5. The number of aryl methyl sites for hydroxylation is 1. The number of methoxy groups -OCH3 is 2. The lowest BCUT2D eigenvalue weighted by Gasteiger charge is -2.12. The Morgan fingerprint density at radius 1 is 1.12 bits per heavy atom. The van der Waals surface area contributed by atoms with Gasteiger partial charge in [0.15, 0.2) is 0 Å². The fraction of sp³-hybridized carbons (Fsp3) is 0.176. The van der Waals surface area contributed by atoms with Gasteiger partial charge in [-0.1, -0.05) is 0 Å². The van der Waals surface area contributed by atoms with Crippen molar-refractivity contribution in [3.63, 3.8) is 0 Å². The minimum absolute atomic E-state index is 0.252. The maximum atomic E-state index is 12.6. The van der Waals surface area contributed by atoms with Crippen LogP contribution in [-0.4, -0.2) is 40.3 Å². The van der Waals surface area contributed by atoms with E-state index >= 15 is 0 Å². The number of ether oxygens (including phenoxy) is 2. The average Bonchev–Trinajstić information content (AvgIpc) is 3.15. The summed E-state index contributed by atoms with van der Waals surface area (Å²) >= 11 is 0. The number of carbonyl (C=O) groups is 1. The van der Waals surface area contributed by atoms with Crippen molar-refractivity contribution in [1.29, 1.82) is 0 Å². The lowest BCUT2D eigenvalue weighted by Crippen LogP contribution is -2.13. The van der Waals surface area contributed by atoms with Crippen molar-refractivity contribution >= 4 is 11.6 Å². The number of aromatic nitrogens is 4. The number of nitrogens with one attached hydrogen (secondary N) is 1. The average molecular weight is 339 g/mol. The van der Waals surface area contributed by atoms with Gasteiger partial charge in [-0.05, 0) is 53.2 Å². The fourth-order valence-electron chi connectivity index (χ4n) is 2.43. The van der Waals surface area contributed by atoms with Crippen LogP contribution in [0.1, 0.15) is 15.9 Å². The molecule has 1 N–H and O–H groups in total. The number of nitrogens with zero attached hydrogens (tertiary/aromatic N) is 4. The number of carbonyl (C=O) groups excluding carboxylic acids is 1. The Balaban J connectivity index is 1.86. The fourth-order valence-corrected chi connectivity index (χ4v) is 2.43. The molecule has 128 valence electrons. The molecule has 8 nitrogen and oxygen atoms in total. The summed E-state index contributed by atoms with van der Waals surface area (Å²) in [7, 11) is 3.11. The summed E-state index contributed by atoms with van der Waals surface area (Å²) in [6.07, 6.45) is 1.50. The molecule has 8 heteroatoms. The molecule has 3 rings (SSSR count). The predicted molar refractivity (Wildman–Crippen MR) is 91.4 cm³/mol. The lowest BCUT2D eigenvalue weighted by molar-refractivity contribution is 0.102. The van der Waals surface area contributed by atoms with Crippen LogP contribution >= 0.6 is 0 Å². The number of hydrogen-bond acceptors (Lipinski definition) is 6. The Morgan fingerprint density at radius 3 is 2.60 bits per heavy atom. The normalized spacial score (nSPS) is 10.4. The first-order chi connectivity index (χ1) is 12.1. The van der Waals surface area contributed by atoms with Gasteiger partial charge in [-0.3, -0.25) is 4.79 Å². The molecule has 0 saturated carbocycles. The van der Waals surface area contributed by atoms with Crippen LogP contribution in [0.3, 0.4) is 0 Å². The Kier molecular flexibility index (Phi) is 4.60. The molecule has 25 heavy (non-hydrogen) atoms. The number of anilines is 1. The van der Waals surface area contributed by atoms with E-state index in [2.05, 4.69) is 20.8 Å². The van der Waals surface area contributed by atoms with Crippen LogP contribution in [0, 0.1) is 6.92 Å². The van der Waals surface area contributed by atoms with E-state index in [0.717, 1.165) is 11.3 Å². The molecule has 2 aromatic carbocycles. The summed E-state index contributed by atoms with van der Waals surface area (Å²) in [5.74, 6) is 0.926. The molecule has 1 heterocycles. The van der Waals surface area contributed by atoms with Gasteiger partial charge in [-0.2, -0.15) is 0 Å². The predicted octanol–water partition coefficient (Wildman–Crippen LogP) is 2.24. The standard InChI is InChI=1S/C17H17N5O3/c1-11-8-12(4-6-15(11)22-10-18-20-21-22)17(23)19-14-9-13(24-2)5-7-16(14)25-3/h4-10H,1-3H3,(H,19,23). The van der Waals surface area contributed by atoms with Gasteiger partial charge in [0, 0.05) is 11.6 Å². The summed E-state index contributed by atoms with van der Waals surface area (Å²) in [4.78, 5) is 12.6. The molecule has 0 aliphatic rings. The molecule has 0 radical (unpaired) electrons. The van der Waals surface area contributed by atoms with E-state index < -0.39 is 0 Å². The first kappa shape index (κ1) is 16.4. The first-order valence-electron chi connectivity index (χ1n) is 7.49. The van der Waals surface area contributed by atoms with E-state index in [4.69, 9.17) is 9.47 Å². The van der Waals surface area contributed by atoms with Crippen molar-refractivity contribution in [3.05, 3.63) is 53.9 Å². The molecule has 0 bridgehead atoms. The minimum Gasteiger partial charge on any atom is -0.497 e. The smallest absolute Gasteiger partial charge is 0.255 e. The second-order valence-electron chi connectivity index (χ2n) is 5.28. The second kappa shape index (κ2) is 7.00. The molecule has 1 aromatic heterocycles. The third kappa shape index (κ3) is 3.42. The van der Waals surface area contributed by atoms with Gasteiger partial charge in [-0.15, -0.1) is 5.10 Å². The molecule has 0 aliphatic heterocycles. The van der Waals surface area contributed by atoms with Crippen molar-refractivity contribution in [2.24, 2.45) is 0 Å². The van der Waals surface area contributed by atoms with Crippen LogP contribution in [0.4, 0.5) is 5.69 Å². The summed E-state index contributed by atoms with van der Waals surface area (Å²) < 4.78 is 12.0. The van der Waals surface area contributed by atoms with Gasteiger partial charge in [-0.25, -0.2) is 4.68 Å². The van der Waals surface area contributed by atoms with Gasteiger partial charge in [0.1, 0.15) is 17.8 Å². The molecule has 1 amide bonds. The number of amides is 1. The third-order valence-corrected chi connectivity index (χ3v) is 3.71. The highest BCUT2D eigenvalue weighted by atomic mass is 16.5. The summed E-state index contributed by atoms with van der Waals surface area (Å²) in [5.41, 5.74) is 2.73. The van der Waals surface area contributed by atoms with E-state index in [0.29, 0.717) is 22.7 Å². The molecule has 0 atom stereocenters. The van der Waals surface area contributed by atoms with Crippen LogP contribution < -0.4 is 14.8 Å². The highest BCUT2D eigenvalue weighted by Gasteiger charge is 2.13. The second-order valence-corrected chi connectivity index (χ2v) is 5.28. The number of hydrogen-bond donors (Lipinski definition) is 1. The van der Waals surface area contributed by atoms with E-state index in [1.54, 1.807) is 55.3 Å². The first-order valence-corrected chi connectivity index (χ1v) is 7.49. The maximum Gasteiger partial charge on any atom is 0.255 e.